The van der Waals surface area contributed by atoms with Crippen molar-refractivity contribution in [2.45, 2.75) is 13.0 Å². The maximum absolute atomic E-state index is 13.1. The molecule has 0 saturated carbocycles. The molecule has 0 radical (unpaired) electrons. The number of benzene rings is 2. The Kier molecular flexibility index (Phi) is 4.32. The molecule has 6 heteroatoms. The highest BCUT2D eigenvalue weighted by Gasteiger charge is 2.27. The molecule has 0 spiro atoms. The van der Waals surface area contributed by atoms with Gasteiger partial charge in [-0.25, -0.2) is 0 Å². The minimum absolute atomic E-state index is 0.0244. The number of nitrogens with zero attached hydrogens (tertiary/aromatic N) is 4. The highest BCUT2D eigenvalue weighted by Crippen LogP contribution is 2.31. The normalized spacial score (nSPS) is 13.5. The van der Waals surface area contributed by atoms with E-state index in [9.17, 15) is 4.79 Å². The van der Waals surface area contributed by atoms with Crippen LogP contribution in [-0.2, 0) is 20.0 Å². The molecule has 0 unspecified atom stereocenters. The van der Waals surface area contributed by atoms with E-state index >= 15 is 0 Å². The number of carbonyl (C=O) groups is 1. The largest absolute Gasteiger partial charge is 0.332 e. The Hall–Kier alpha value is -3.18. The van der Waals surface area contributed by atoms with E-state index in [4.69, 9.17) is 16.7 Å². The van der Waals surface area contributed by atoms with Crippen molar-refractivity contribution in [3.63, 3.8) is 0 Å². The molecule has 144 valence electrons. The molecule has 2 aromatic carbocycles. The summed E-state index contributed by atoms with van der Waals surface area (Å²) in [7, 11) is 1.94. The number of rotatable bonds is 2. The number of hydrogen-bond acceptors (Lipinski definition) is 3. The molecule has 1 amide bonds. The van der Waals surface area contributed by atoms with Crippen molar-refractivity contribution in [3.8, 4) is 11.3 Å². The van der Waals surface area contributed by atoms with Crippen molar-refractivity contribution in [1.82, 2.24) is 19.7 Å². The smallest absolute Gasteiger partial charge is 0.254 e. The Morgan fingerprint density at radius 3 is 2.86 bits per heavy atom. The first-order valence-electron chi connectivity index (χ1n) is 9.55. The van der Waals surface area contributed by atoms with Crippen LogP contribution in [0.4, 0.5) is 0 Å². The van der Waals surface area contributed by atoms with Crippen molar-refractivity contribution < 1.29 is 4.79 Å². The van der Waals surface area contributed by atoms with Crippen LogP contribution in [0.25, 0.3) is 22.2 Å². The molecule has 5 nitrogen and oxygen atoms in total. The Bertz CT molecular complexity index is 1250. The average molecular weight is 403 g/mol. The lowest BCUT2D eigenvalue weighted by Gasteiger charge is -2.27. The van der Waals surface area contributed by atoms with Crippen molar-refractivity contribution in [1.29, 1.82) is 0 Å². The van der Waals surface area contributed by atoms with Gasteiger partial charge in [0.15, 0.2) is 0 Å². The Morgan fingerprint density at radius 2 is 2.00 bits per heavy atom. The van der Waals surface area contributed by atoms with E-state index in [-0.39, 0.29) is 5.91 Å². The van der Waals surface area contributed by atoms with E-state index in [2.05, 4.69) is 4.98 Å². The number of hydrogen-bond donors (Lipinski definition) is 0. The number of halogens is 1. The fourth-order valence-electron chi connectivity index (χ4n) is 4.08. The molecular formula is C23H19ClN4O. The zero-order valence-corrected chi connectivity index (χ0v) is 16.7. The van der Waals surface area contributed by atoms with Crippen LogP contribution in [0.5, 0.6) is 0 Å². The fourth-order valence-corrected chi connectivity index (χ4v) is 4.27. The van der Waals surface area contributed by atoms with Crippen LogP contribution in [0.15, 0.2) is 60.8 Å². The van der Waals surface area contributed by atoms with E-state index in [1.54, 1.807) is 6.20 Å². The highest BCUT2D eigenvalue weighted by molar-refractivity contribution is 6.30. The molecule has 1 aliphatic rings. The number of amides is 1. The van der Waals surface area contributed by atoms with Gasteiger partial charge in [-0.3, -0.25) is 14.5 Å². The monoisotopic (exact) mass is 402 g/mol. The van der Waals surface area contributed by atoms with Gasteiger partial charge in [0.05, 0.1) is 23.4 Å². The molecule has 0 bridgehead atoms. The maximum Gasteiger partial charge on any atom is 0.254 e. The van der Waals surface area contributed by atoms with E-state index < -0.39 is 0 Å². The van der Waals surface area contributed by atoms with Crippen LogP contribution in [0.2, 0.25) is 5.02 Å². The summed E-state index contributed by atoms with van der Waals surface area (Å²) >= 11 is 6.18. The second-order valence-electron chi connectivity index (χ2n) is 7.30. The minimum Gasteiger partial charge on any atom is -0.332 e. The zero-order chi connectivity index (χ0) is 20.0. The van der Waals surface area contributed by atoms with Gasteiger partial charge in [-0.1, -0.05) is 29.8 Å². The molecule has 3 heterocycles. The summed E-state index contributed by atoms with van der Waals surface area (Å²) in [5, 5.41) is 6.38. The first kappa shape index (κ1) is 17.9. The lowest BCUT2D eigenvalue weighted by Crippen LogP contribution is -2.36. The number of carbonyl (C=O) groups excluding carboxylic acids is 1. The van der Waals surface area contributed by atoms with E-state index in [0.29, 0.717) is 23.7 Å². The maximum atomic E-state index is 13.1. The van der Waals surface area contributed by atoms with Crippen molar-refractivity contribution in [2.24, 2.45) is 7.05 Å². The molecule has 4 aromatic rings. The van der Waals surface area contributed by atoms with E-state index in [1.165, 1.54) is 5.56 Å². The van der Waals surface area contributed by atoms with Gasteiger partial charge < -0.3 is 4.90 Å². The Morgan fingerprint density at radius 1 is 1.10 bits per heavy atom. The molecule has 0 aliphatic carbocycles. The fraction of sp³-hybridized carbons (Fsp3) is 0.174. The van der Waals surface area contributed by atoms with Crippen molar-refractivity contribution in [2.75, 3.05) is 6.54 Å². The predicted molar refractivity (Wildman–Crippen MR) is 114 cm³/mol. The first-order valence-corrected chi connectivity index (χ1v) is 9.93. The summed E-state index contributed by atoms with van der Waals surface area (Å²) in [5.74, 6) is 0.0244. The Labute approximate surface area is 173 Å². The van der Waals surface area contributed by atoms with Crippen molar-refractivity contribution >= 4 is 28.4 Å². The van der Waals surface area contributed by atoms with Crippen LogP contribution in [-0.4, -0.2) is 32.1 Å². The molecule has 2 aromatic heterocycles. The molecule has 29 heavy (non-hydrogen) atoms. The summed E-state index contributed by atoms with van der Waals surface area (Å²) in [4.78, 5) is 19.3. The van der Waals surface area contributed by atoms with Crippen LogP contribution in [0.3, 0.4) is 0 Å². The second kappa shape index (κ2) is 7.01. The summed E-state index contributed by atoms with van der Waals surface area (Å²) in [5.41, 5.74) is 5.84. The molecule has 0 saturated heterocycles. The molecule has 0 N–H and O–H groups in total. The third-order valence-corrected chi connectivity index (χ3v) is 5.67. The lowest BCUT2D eigenvalue weighted by molar-refractivity contribution is 0.0732. The average Bonchev–Trinajstić information content (AvgIpc) is 3.07. The quantitative estimate of drug-likeness (QED) is 0.496. The lowest BCUT2D eigenvalue weighted by atomic mass is 9.99. The summed E-state index contributed by atoms with van der Waals surface area (Å²) in [6.07, 6.45) is 2.53. The summed E-state index contributed by atoms with van der Waals surface area (Å²) in [6.45, 7) is 1.17. The molecule has 1 aliphatic heterocycles. The van der Waals surface area contributed by atoms with E-state index in [0.717, 1.165) is 34.3 Å². The number of fused-ring (bicyclic) bond motifs is 2. The zero-order valence-electron chi connectivity index (χ0n) is 16.0. The van der Waals surface area contributed by atoms with Gasteiger partial charge in [0.25, 0.3) is 5.91 Å². The Balaban J connectivity index is 1.45. The second-order valence-corrected chi connectivity index (χ2v) is 7.73. The van der Waals surface area contributed by atoms with Gasteiger partial charge in [-0.2, -0.15) is 5.10 Å². The van der Waals surface area contributed by atoms with Crippen LogP contribution in [0.1, 0.15) is 21.6 Å². The number of pyridine rings is 1. The minimum atomic E-state index is 0.0244. The third kappa shape index (κ3) is 3.17. The number of aryl methyl sites for hydroxylation is 1. The van der Waals surface area contributed by atoms with Crippen LogP contribution < -0.4 is 0 Å². The van der Waals surface area contributed by atoms with Gasteiger partial charge in [-0.15, -0.1) is 0 Å². The van der Waals surface area contributed by atoms with Crippen LogP contribution >= 0.6 is 11.6 Å². The highest BCUT2D eigenvalue weighted by atomic mass is 35.5. The van der Waals surface area contributed by atoms with Gasteiger partial charge in [0.2, 0.25) is 0 Å². The molecule has 0 atom stereocenters. The third-order valence-electron chi connectivity index (χ3n) is 5.44. The topological polar surface area (TPSA) is 51.0 Å². The predicted octanol–water partition coefficient (Wildman–Crippen LogP) is 4.49. The summed E-state index contributed by atoms with van der Waals surface area (Å²) < 4.78 is 1.89. The first-order chi connectivity index (χ1) is 14.1. The molecule has 0 fully saturated rings. The van der Waals surface area contributed by atoms with E-state index in [1.807, 2.05) is 71.2 Å². The van der Waals surface area contributed by atoms with Crippen LogP contribution in [0, 0.1) is 0 Å². The van der Waals surface area contributed by atoms with Crippen molar-refractivity contribution in [3.05, 3.63) is 82.6 Å². The number of aromatic nitrogens is 3. The standard InChI is InChI=1S/C23H19ClN4O/c1-27-22(16-4-2-6-18(24)13-16)19-9-11-28(14-21(19)26-27)23(29)17-7-8-20-15(12-17)5-3-10-25-20/h2-8,10,12-13H,9,11,14H2,1H3. The van der Waals surface area contributed by atoms with Gasteiger partial charge in [0.1, 0.15) is 0 Å². The van der Waals surface area contributed by atoms with Gasteiger partial charge in [0, 0.05) is 46.9 Å². The summed E-state index contributed by atoms with van der Waals surface area (Å²) in [6, 6.07) is 17.3. The molecule has 5 rings (SSSR count). The van der Waals surface area contributed by atoms with Gasteiger partial charge in [-0.05, 0) is 42.8 Å². The SMILES string of the molecule is Cn1nc2c(c1-c1cccc(Cl)c1)CCN(C(=O)c1ccc3ncccc3c1)C2. The van der Waals surface area contributed by atoms with Gasteiger partial charge >= 0.3 is 0 Å². The molecular weight excluding hydrogens is 384 g/mol.